The normalized spacial score (nSPS) is 23.8. The summed E-state index contributed by atoms with van der Waals surface area (Å²) < 4.78 is 0. The molecule has 1 heterocycles. The summed E-state index contributed by atoms with van der Waals surface area (Å²) >= 11 is 0. The van der Waals surface area contributed by atoms with E-state index in [9.17, 15) is 20.2 Å². The zero-order valence-corrected chi connectivity index (χ0v) is 12.7. The van der Waals surface area contributed by atoms with Crippen LogP contribution in [0.2, 0.25) is 0 Å². The van der Waals surface area contributed by atoms with Crippen LogP contribution in [0.3, 0.4) is 0 Å². The van der Waals surface area contributed by atoms with Gasteiger partial charge in [-0.15, -0.1) is 0 Å². The topological polar surface area (TPSA) is 96.4 Å². The summed E-state index contributed by atoms with van der Waals surface area (Å²) in [7, 11) is 0. The zero-order chi connectivity index (χ0) is 16.6. The van der Waals surface area contributed by atoms with Crippen LogP contribution >= 0.6 is 0 Å². The Bertz CT molecular complexity index is 784. The zero-order valence-electron chi connectivity index (χ0n) is 12.7. The third kappa shape index (κ3) is 2.55. The van der Waals surface area contributed by atoms with Gasteiger partial charge in [0, 0.05) is 41.5 Å². The highest BCUT2D eigenvalue weighted by Crippen LogP contribution is 2.43. The second-order valence-corrected chi connectivity index (χ2v) is 5.82. The lowest BCUT2D eigenvalue weighted by atomic mass is 9.72. The summed E-state index contributed by atoms with van der Waals surface area (Å²) in [5, 5.41) is 20.4. The molecule has 1 aliphatic heterocycles. The van der Waals surface area contributed by atoms with Crippen molar-refractivity contribution in [3.63, 3.8) is 0 Å². The number of nitro groups is 1. The summed E-state index contributed by atoms with van der Waals surface area (Å²) in [6.07, 6.45) is 1.98. The lowest BCUT2D eigenvalue weighted by Crippen LogP contribution is -2.30. The number of nitrogens with zero attached hydrogens (tertiary/aromatic N) is 3. The molecule has 0 N–H and O–H groups in total. The molecular formula is C17H15N3O3. The van der Waals surface area contributed by atoms with Crippen molar-refractivity contribution in [2.24, 2.45) is 10.9 Å². The monoisotopic (exact) mass is 309 g/mol. The molecule has 0 radical (unpaired) electrons. The van der Waals surface area contributed by atoms with E-state index in [0.717, 1.165) is 24.1 Å². The highest BCUT2D eigenvalue weighted by atomic mass is 16.6. The number of carbonyl (C=O) groups excluding carboxylic acids is 1. The van der Waals surface area contributed by atoms with Crippen molar-refractivity contribution in [2.45, 2.75) is 32.1 Å². The molecule has 23 heavy (non-hydrogen) atoms. The first kappa shape index (κ1) is 15.1. The molecule has 0 amide bonds. The fraction of sp³-hybridized carbons (Fsp3) is 0.353. The summed E-state index contributed by atoms with van der Waals surface area (Å²) in [5.41, 5.74) is 2.83. The van der Waals surface area contributed by atoms with Crippen LogP contribution in [0.15, 0.2) is 40.5 Å². The van der Waals surface area contributed by atoms with Gasteiger partial charge in [0.1, 0.15) is 0 Å². The van der Waals surface area contributed by atoms with E-state index in [4.69, 9.17) is 0 Å². The number of nitriles is 1. The Balaban J connectivity index is 2.12. The van der Waals surface area contributed by atoms with Gasteiger partial charge in [-0.3, -0.25) is 19.9 Å². The Hall–Kier alpha value is -2.81. The number of non-ortho nitro benzene ring substituents is 1. The average Bonchev–Trinajstić information content (AvgIpc) is 2.54. The number of benzene rings is 1. The van der Waals surface area contributed by atoms with Crippen molar-refractivity contribution < 1.29 is 9.72 Å². The number of allylic oxidation sites excluding steroid dienone is 2. The van der Waals surface area contributed by atoms with E-state index in [1.54, 1.807) is 19.1 Å². The molecular weight excluding hydrogens is 294 g/mol. The lowest BCUT2D eigenvalue weighted by molar-refractivity contribution is -0.384. The third-order valence-corrected chi connectivity index (χ3v) is 4.44. The van der Waals surface area contributed by atoms with Crippen molar-refractivity contribution >= 4 is 17.2 Å². The van der Waals surface area contributed by atoms with Crippen LogP contribution in [0, 0.1) is 27.4 Å². The van der Waals surface area contributed by atoms with Crippen LogP contribution in [0.4, 0.5) is 5.69 Å². The van der Waals surface area contributed by atoms with Gasteiger partial charge in [0.05, 0.1) is 16.9 Å². The van der Waals surface area contributed by atoms with Crippen LogP contribution in [0.1, 0.15) is 37.7 Å². The Kier molecular flexibility index (Phi) is 3.78. The van der Waals surface area contributed by atoms with Gasteiger partial charge < -0.3 is 0 Å². The molecule has 2 aliphatic rings. The van der Waals surface area contributed by atoms with Crippen LogP contribution in [-0.2, 0) is 4.79 Å². The molecule has 3 rings (SSSR count). The summed E-state index contributed by atoms with van der Waals surface area (Å²) in [6, 6.07) is 8.35. The molecule has 0 spiro atoms. The Morgan fingerprint density at radius 1 is 1.30 bits per heavy atom. The first-order valence-corrected chi connectivity index (χ1v) is 7.48. The number of aliphatic imine (C=N–C) groups is 1. The standard InChI is InChI=1S/C17H15N3O3/c1-10-13(9-18)16(11-5-7-12(8-6-11)20(22)23)17-14(19-10)3-2-4-15(17)21/h5-8,13,16H,2-4H2,1H3/t13?,16-/m1/s1. The smallest absolute Gasteiger partial charge is 0.269 e. The summed E-state index contributed by atoms with van der Waals surface area (Å²) in [4.78, 5) is 27.2. The number of ketones is 1. The van der Waals surface area contributed by atoms with Gasteiger partial charge >= 0.3 is 0 Å². The predicted molar refractivity (Wildman–Crippen MR) is 83.9 cm³/mol. The van der Waals surface area contributed by atoms with Crippen LogP contribution < -0.4 is 0 Å². The Morgan fingerprint density at radius 3 is 2.61 bits per heavy atom. The van der Waals surface area contributed by atoms with E-state index in [1.807, 2.05) is 0 Å². The maximum atomic E-state index is 12.4. The average molecular weight is 309 g/mol. The number of carbonyl (C=O) groups is 1. The van der Waals surface area contributed by atoms with Gasteiger partial charge in [0.15, 0.2) is 5.78 Å². The van der Waals surface area contributed by atoms with E-state index >= 15 is 0 Å². The molecule has 0 aromatic heterocycles. The van der Waals surface area contributed by atoms with Crippen molar-refractivity contribution in [3.8, 4) is 6.07 Å². The van der Waals surface area contributed by atoms with E-state index in [-0.39, 0.29) is 17.4 Å². The lowest BCUT2D eigenvalue weighted by Gasteiger charge is -2.32. The molecule has 1 unspecified atom stereocenters. The maximum absolute atomic E-state index is 12.4. The maximum Gasteiger partial charge on any atom is 0.269 e. The molecule has 0 fully saturated rings. The molecule has 6 heteroatoms. The number of hydrogen-bond acceptors (Lipinski definition) is 5. The molecule has 2 atom stereocenters. The molecule has 0 saturated carbocycles. The van der Waals surface area contributed by atoms with Crippen molar-refractivity contribution in [1.82, 2.24) is 0 Å². The minimum Gasteiger partial charge on any atom is -0.294 e. The molecule has 1 aromatic carbocycles. The minimum absolute atomic E-state index is 0.00682. The number of nitro benzene ring substituents is 1. The van der Waals surface area contributed by atoms with E-state index < -0.39 is 10.8 Å². The van der Waals surface area contributed by atoms with Crippen LogP contribution in [0.5, 0.6) is 0 Å². The van der Waals surface area contributed by atoms with Gasteiger partial charge in [0.2, 0.25) is 0 Å². The van der Waals surface area contributed by atoms with Gasteiger partial charge in [-0.25, -0.2) is 0 Å². The van der Waals surface area contributed by atoms with E-state index in [2.05, 4.69) is 11.1 Å². The second kappa shape index (κ2) is 5.76. The SMILES string of the molecule is CC1=NC2=C(C(=O)CCC2)[C@H](c2ccc([N+](=O)[O-])cc2)C1C#N. The number of rotatable bonds is 2. The molecule has 0 saturated heterocycles. The number of Topliss-reactive ketones (excluding diaryl/α,β-unsaturated/α-hetero) is 1. The molecule has 0 bridgehead atoms. The first-order valence-electron chi connectivity index (χ1n) is 7.48. The predicted octanol–water partition coefficient (Wildman–Crippen LogP) is 3.30. The van der Waals surface area contributed by atoms with Crippen LogP contribution in [-0.4, -0.2) is 16.4 Å². The molecule has 1 aliphatic carbocycles. The largest absolute Gasteiger partial charge is 0.294 e. The third-order valence-electron chi connectivity index (χ3n) is 4.44. The van der Waals surface area contributed by atoms with Crippen molar-refractivity contribution in [3.05, 3.63) is 51.2 Å². The highest BCUT2D eigenvalue weighted by Gasteiger charge is 2.38. The van der Waals surface area contributed by atoms with Crippen LogP contribution in [0.25, 0.3) is 0 Å². The fourth-order valence-electron chi connectivity index (χ4n) is 3.34. The number of hydrogen-bond donors (Lipinski definition) is 0. The fourth-order valence-corrected chi connectivity index (χ4v) is 3.34. The molecule has 116 valence electrons. The second-order valence-electron chi connectivity index (χ2n) is 5.82. The highest BCUT2D eigenvalue weighted by molar-refractivity contribution is 6.02. The van der Waals surface area contributed by atoms with Gasteiger partial charge in [-0.2, -0.15) is 5.26 Å². The minimum atomic E-state index is -0.516. The molecule has 6 nitrogen and oxygen atoms in total. The summed E-state index contributed by atoms with van der Waals surface area (Å²) in [5.74, 6) is -0.871. The molecule has 1 aromatic rings. The van der Waals surface area contributed by atoms with Gasteiger partial charge in [-0.05, 0) is 25.3 Å². The van der Waals surface area contributed by atoms with Crippen molar-refractivity contribution in [1.29, 1.82) is 5.26 Å². The van der Waals surface area contributed by atoms with Gasteiger partial charge in [0.25, 0.3) is 5.69 Å². The van der Waals surface area contributed by atoms with E-state index in [0.29, 0.717) is 17.7 Å². The quantitative estimate of drug-likeness (QED) is 0.618. The Morgan fingerprint density at radius 2 is 2.00 bits per heavy atom. The first-order chi connectivity index (χ1) is 11.0. The van der Waals surface area contributed by atoms with Gasteiger partial charge in [-0.1, -0.05) is 12.1 Å². The summed E-state index contributed by atoms with van der Waals surface area (Å²) in [6.45, 7) is 1.80. The Labute approximate surface area is 133 Å². The van der Waals surface area contributed by atoms with E-state index in [1.165, 1.54) is 12.1 Å². The van der Waals surface area contributed by atoms with Crippen molar-refractivity contribution in [2.75, 3.05) is 0 Å².